The van der Waals surface area contributed by atoms with E-state index in [4.69, 9.17) is 4.98 Å². The molecule has 1 aliphatic rings. The van der Waals surface area contributed by atoms with Gasteiger partial charge in [-0.1, -0.05) is 36.4 Å². The summed E-state index contributed by atoms with van der Waals surface area (Å²) in [5.74, 6) is 0.609. The Morgan fingerprint density at radius 2 is 1.59 bits per heavy atom. The van der Waals surface area contributed by atoms with E-state index >= 15 is 0 Å². The summed E-state index contributed by atoms with van der Waals surface area (Å²) < 4.78 is 0. The zero-order valence-electron chi connectivity index (χ0n) is 22.0. The third kappa shape index (κ3) is 5.87. The van der Waals surface area contributed by atoms with E-state index in [0.717, 1.165) is 78.4 Å². The van der Waals surface area contributed by atoms with E-state index in [-0.39, 0.29) is 5.91 Å². The number of aromatic nitrogens is 4. The average Bonchev–Trinajstić information content (AvgIpc) is 3.42. The number of anilines is 1. The third-order valence-electron chi connectivity index (χ3n) is 7.32. The van der Waals surface area contributed by atoms with Crippen LogP contribution in [0.5, 0.6) is 0 Å². The van der Waals surface area contributed by atoms with Gasteiger partial charge in [0, 0.05) is 67.5 Å². The topological polar surface area (TPSA) is 90.0 Å². The molecule has 3 heterocycles. The van der Waals surface area contributed by atoms with E-state index in [1.165, 1.54) is 11.9 Å². The van der Waals surface area contributed by atoms with Crippen LogP contribution >= 0.6 is 0 Å². The first-order chi connectivity index (χ1) is 19.1. The maximum absolute atomic E-state index is 13.0. The van der Waals surface area contributed by atoms with Crippen LogP contribution in [0.4, 0.5) is 5.69 Å². The summed E-state index contributed by atoms with van der Waals surface area (Å²) in [4.78, 5) is 34.1. The molecule has 5 aromatic rings. The highest BCUT2D eigenvalue weighted by Gasteiger charge is 2.14. The van der Waals surface area contributed by atoms with Crippen molar-refractivity contribution in [3.8, 4) is 22.5 Å². The summed E-state index contributed by atoms with van der Waals surface area (Å²) in [5, 5.41) is 3.02. The first-order valence-electron chi connectivity index (χ1n) is 13.3. The van der Waals surface area contributed by atoms with Crippen LogP contribution in [0.1, 0.15) is 15.9 Å². The lowest BCUT2D eigenvalue weighted by Crippen LogP contribution is -2.45. The number of carbonyl (C=O) groups is 1. The Bertz CT molecular complexity index is 1550. The van der Waals surface area contributed by atoms with Gasteiger partial charge in [-0.05, 0) is 54.9 Å². The number of likely N-dealkylation sites (N-methyl/N-ethyl adjacent to an activating group) is 1. The highest BCUT2D eigenvalue weighted by atomic mass is 16.1. The lowest BCUT2D eigenvalue weighted by atomic mass is 10.1. The van der Waals surface area contributed by atoms with Gasteiger partial charge in [0.1, 0.15) is 12.2 Å². The number of benzene rings is 3. The van der Waals surface area contributed by atoms with Gasteiger partial charge in [-0.2, -0.15) is 0 Å². The van der Waals surface area contributed by atoms with Crippen molar-refractivity contribution < 1.29 is 4.79 Å². The third-order valence-corrected chi connectivity index (χ3v) is 7.32. The summed E-state index contributed by atoms with van der Waals surface area (Å²) in [6, 6.07) is 21.8. The summed E-state index contributed by atoms with van der Waals surface area (Å²) in [6.07, 6.45) is 6.12. The fourth-order valence-electron chi connectivity index (χ4n) is 4.87. The van der Waals surface area contributed by atoms with Gasteiger partial charge in [-0.3, -0.25) is 4.79 Å². The number of fused-ring (bicyclic) bond motifs is 1. The van der Waals surface area contributed by atoms with Crippen LogP contribution in [0, 0.1) is 0 Å². The first-order valence-corrected chi connectivity index (χ1v) is 13.3. The molecule has 1 saturated heterocycles. The predicted octanol–water partition coefficient (Wildman–Crippen LogP) is 4.73. The normalized spacial score (nSPS) is 14.5. The van der Waals surface area contributed by atoms with Crippen molar-refractivity contribution in [2.75, 3.05) is 45.1 Å². The molecule has 3 aromatic carbocycles. The number of nitrogens with zero attached hydrogens (tertiary/aromatic N) is 5. The number of imidazole rings is 1. The summed E-state index contributed by atoms with van der Waals surface area (Å²) in [6.45, 7) is 5.59. The quantitative estimate of drug-likeness (QED) is 0.325. The molecule has 0 atom stereocenters. The molecule has 0 aliphatic carbocycles. The van der Waals surface area contributed by atoms with Crippen molar-refractivity contribution in [3.63, 3.8) is 0 Å². The van der Waals surface area contributed by atoms with E-state index in [9.17, 15) is 4.79 Å². The molecular formula is C31H31N7O. The second kappa shape index (κ2) is 11.1. The van der Waals surface area contributed by atoms with Gasteiger partial charge in [0.15, 0.2) is 0 Å². The van der Waals surface area contributed by atoms with Gasteiger partial charge in [0.25, 0.3) is 5.91 Å². The van der Waals surface area contributed by atoms with Gasteiger partial charge < -0.3 is 20.1 Å². The van der Waals surface area contributed by atoms with Crippen LogP contribution in [0.3, 0.4) is 0 Å². The lowest BCUT2D eigenvalue weighted by molar-refractivity contribution is 0.102. The minimum Gasteiger partial charge on any atom is -0.338 e. The zero-order chi connectivity index (χ0) is 26.6. The minimum atomic E-state index is -0.146. The second-order valence-corrected chi connectivity index (χ2v) is 10.1. The molecule has 8 heteroatoms. The van der Waals surface area contributed by atoms with Crippen LogP contribution in [-0.4, -0.2) is 75.4 Å². The van der Waals surface area contributed by atoms with Crippen molar-refractivity contribution in [1.82, 2.24) is 29.7 Å². The Kier molecular flexibility index (Phi) is 7.12. The van der Waals surface area contributed by atoms with E-state index in [2.05, 4.69) is 49.2 Å². The summed E-state index contributed by atoms with van der Waals surface area (Å²) in [7, 11) is 2.18. The number of hydrogen-bond donors (Lipinski definition) is 2. The Hall–Kier alpha value is -4.40. The molecule has 8 nitrogen and oxygen atoms in total. The van der Waals surface area contributed by atoms with Crippen LogP contribution < -0.4 is 5.32 Å². The Morgan fingerprint density at radius 3 is 2.33 bits per heavy atom. The summed E-state index contributed by atoms with van der Waals surface area (Å²) in [5.41, 5.74) is 7.24. The van der Waals surface area contributed by atoms with Crippen molar-refractivity contribution in [2.24, 2.45) is 0 Å². The predicted molar refractivity (Wildman–Crippen MR) is 155 cm³/mol. The van der Waals surface area contributed by atoms with E-state index in [1.54, 1.807) is 12.4 Å². The zero-order valence-corrected chi connectivity index (χ0v) is 22.0. The first kappa shape index (κ1) is 24.9. The molecule has 0 bridgehead atoms. The molecule has 6 rings (SSSR count). The molecule has 1 fully saturated rings. The van der Waals surface area contributed by atoms with Crippen molar-refractivity contribution in [1.29, 1.82) is 0 Å². The SMILES string of the molecule is CN1CCN(CCc2ccc(NC(=O)c3ccc4nc(-c5ccc(-c6cncnc6)cc5)[nH]c4c3)cc2)CC1. The monoisotopic (exact) mass is 517 g/mol. The average molecular weight is 518 g/mol. The molecule has 196 valence electrons. The number of aromatic amines is 1. The Balaban J connectivity index is 1.09. The van der Waals surface area contributed by atoms with Crippen molar-refractivity contribution in [3.05, 3.63) is 96.6 Å². The lowest BCUT2D eigenvalue weighted by Gasteiger charge is -2.32. The fraction of sp³-hybridized carbons (Fsp3) is 0.226. The highest BCUT2D eigenvalue weighted by Crippen LogP contribution is 2.25. The molecule has 2 aromatic heterocycles. The number of hydrogen-bond acceptors (Lipinski definition) is 6. The minimum absolute atomic E-state index is 0.146. The number of nitrogens with one attached hydrogen (secondary N) is 2. The van der Waals surface area contributed by atoms with Gasteiger partial charge in [-0.25, -0.2) is 15.0 Å². The fourth-order valence-corrected chi connectivity index (χ4v) is 4.87. The second-order valence-electron chi connectivity index (χ2n) is 10.1. The van der Waals surface area contributed by atoms with E-state index < -0.39 is 0 Å². The molecular weight excluding hydrogens is 486 g/mol. The van der Waals surface area contributed by atoms with E-state index in [0.29, 0.717) is 5.56 Å². The van der Waals surface area contributed by atoms with Crippen LogP contribution in [0.25, 0.3) is 33.5 Å². The number of rotatable bonds is 7. The number of H-pyrrole nitrogens is 1. The molecule has 1 aliphatic heterocycles. The molecule has 39 heavy (non-hydrogen) atoms. The summed E-state index contributed by atoms with van der Waals surface area (Å²) >= 11 is 0. The highest BCUT2D eigenvalue weighted by molar-refractivity contribution is 6.06. The van der Waals surface area contributed by atoms with Gasteiger partial charge >= 0.3 is 0 Å². The molecule has 1 amide bonds. The maximum Gasteiger partial charge on any atom is 0.255 e. The van der Waals surface area contributed by atoms with Crippen LogP contribution in [0.15, 0.2) is 85.5 Å². The van der Waals surface area contributed by atoms with Gasteiger partial charge in [0.2, 0.25) is 0 Å². The van der Waals surface area contributed by atoms with Crippen molar-refractivity contribution in [2.45, 2.75) is 6.42 Å². The van der Waals surface area contributed by atoms with Gasteiger partial charge in [0.05, 0.1) is 11.0 Å². The maximum atomic E-state index is 13.0. The van der Waals surface area contributed by atoms with Crippen LogP contribution in [-0.2, 0) is 6.42 Å². The number of amides is 1. The van der Waals surface area contributed by atoms with Crippen molar-refractivity contribution >= 4 is 22.6 Å². The molecule has 2 N–H and O–H groups in total. The van der Waals surface area contributed by atoms with Gasteiger partial charge in [-0.15, -0.1) is 0 Å². The van der Waals surface area contributed by atoms with E-state index in [1.807, 2.05) is 54.6 Å². The Labute approximate surface area is 227 Å². The number of carbonyl (C=O) groups excluding carboxylic acids is 1. The number of piperazine rings is 1. The molecule has 0 unspecified atom stereocenters. The van der Waals surface area contributed by atoms with Crippen LogP contribution in [0.2, 0.25) is 0 Å². The Morgan fingerprint density at radius 1 is 0.872 bits per heavy atom. The standard InChI is InChI=1S/C31H31N7O/c1-37-14-16-38(17-15-37)13-12-22-2-9-27(10-3-22)34-31(39)25-8-11-28-29(18-25)36-30(35-28)24-6-4-23(5-7-24)26-19-32-21-33-20-26/h2-11,18-21H,12-17H2,1H3,(H,34,39)(H,35,36). The largest absolute Gasteiger partial charge is 0.338 e. The smallest absolute Gasteiger partial charge is 0.255 e. The molecule has 0 radical (unpaired) electrons. The molecule has 0 spiro atoms. The molecule has 0 saturated carbocycles.